The topological polar surface area (TPSA) is 26.3 Å². The van der Waals surface area contributed by atoms with Gasteiger partial charge in [-0.05, 0) is 25.5 Å². The van der Waals surface area contributed by atoms with Crippen LogP contribution in [0, 0.1) is 0 Å². The summed E-state index contributed by atoms with van der Waals surface area (Å²) in [5.41, 5.74) is 1.09. The van der Waals surface area contributed by atoms with Gasteiger partial charge in [0.15, 0.2) is 0 Å². The van der Waals surface area contributed by atoms with Crippen LogP contribution in [-0.4, -0.2) is 5.97 Å². The van der Waals surface area contributed by atoms with Crippen molar-refractivity contribution < 1.29 is 26.6 Å². The zero-order valence-electron chi connectivity index (χ0n) is 17.1. The van der Waals surface area contributed by atoms with Crippen LogP contribution in [0.3, 0.4) is 0 Å². The molecule has 0 bridgehead atoms. The zero-order valence-corrected chi connectivity index (χ0v) is 19.1. The maximum atomic E-state index is 11.4. The predicted molar refractivity (Wildman–Crippen MR) is 123 cm³/mol. The molecule has 0 aliphatic rings. The quantitative estimate of drug-likeness (QED) is 0.179. The normalized spacial score (nSPS) is 11.0. The molecule has 0 N–H and O–H groups in total. The van der Waals surface area contributed by atoms with Crippen molar-refractivity contribution in [3.63, 3.8) is 0 Å². The number of ether oxygens (including phenoxy) is 1. The molecule has 1 unspecified atom stereocenters. The molecule has 30 heavy (non-hydrogen) atoms. The van der Waals surface area contributed by atoms with Crippen LogP contribution in [0.4, 0.5) is 0 Å². The number of carbonyl (C=O) groups is 1. The Morgan fingerprint density at radius 2 is 1.30 bits per heavy atom. The van der Waals surface area contributed by atoms with Crippen molar-refractivity contribution >= 4 is 29.8 Å². The van der Waals surface area contributed by atoms with Crippen molar-refractivity contribution in [3.8, 4) is 0 Å². The maximum absolute atomic E-state index is 11.4. The van der Waals surface area contributed by atoms with Gasteiger partial charge in [0.25, 0.3) is 0 Å². The molecule has 0 saturated carbocycles. The molecule has 0 aliphatic carbocycles. The molecule has 0 fully saturated rings. The van der Waals surface area contributed by atoms with Gasteiger partial charge in [-0.1, -0.05) is 60.7 Å². The molecule has 0 spiro atoms. The van der Waals surface area contributed by atoms with Gasteiger partial charge in [-0.2, -0.15) is 6.07 Å². The molecule has 1 atom stereocenters. The maximum Gasteiger partial charge on any atom is 0.302 e. The summed E-state index contributed by atoms with van der Waals surface area (Å²) in [6.45, 7) is 3.39. The van der Waals surface area contributed by atoms with E-state index in [-0.39, 0.29) is 29.1 Å². The Labute approximate surface area is 190 Å². The average molecular weight is 456 g/mol. The second-order valence-corrected chi connectivity index (χ2v) is 8.77. The van der Waals surface area contributed by atoms with Crippen molar-refractivity contribution in [3.05, 3.63) is 115 Å². The molecule has 4 heteroatoms. The molecule has 0 aliphatic heterocycles. The Morgan fingerprint density at radius 3 is 1.73 bits per heavy atom. The minimum atomic E-state index is -0.678. The van der Waals surface area contributed by atoms with Gasteiger partial charge in [0.2, 0.25) is 0 Å². The van der Waals surface area contributed by atoms with Gasteiger partial charge in [0.1, 0.15) is 0 Å². The van der Waals surface area contributed by atoms with E-state index in [4.69, 9.17) is 4.74 Å². The number of benzene rings is 2. The van der Waals surface area contributed by atoms with Gasteiger partial charge in [-0.25, -0.2) is 12.1 Å². The largest absolute Gasteiger partial charge is 0.748 e. The van der Waals surface area contributed by atoms with Crippen LogP contribution in [-0.2, 0) is 26.6 Å². The fourth-order valence-electron chi connectivity index (χ4n) is 3.19. The van der Waals surface area contributed by atoms with Gasteiger partial charge in [0.05, 0.1) is 6.10 Å². The van der Waals surface area contributed by atoms with Crippen LogP contribution >= 0.6 is 7.92 Å². The van der Waals surface area contributed by atoms with E-state index in [1.165, 1.54) is 22.8 Å². The Bertz CT molecular complexity index is 922. The van der Waals surface area contributed by atoms with Crippen LogP contribution in [0.2, 0.25) is 0 Å². The van der Waals surface area contributed by atoms with Gasteiger partial charge < -0.3 is 35.1 Å². The van der Waals surface area contributed by atoms with Gasteiger partial charge >= 0.3 is 5.97 Å². The molecule has 2 nitrogen and oxygen atoms in total. The number of carbonyl (C=O) groups excluding carboxylic acids is 1. The Kier molecular flexibility index (Phi) is 9.77. The van der Waals surface area contributed by atoms with Crippen LogP contribution < -0.4 is 15.9 Å². The molecule has 4 aromatic carbocycles. The van der Waals surface area contributed by atoms with Gasteiger partial charge in [0, 0.05) is 24.0 Å². The SMILES string of the molecule is CC(=O)OC(C)[c-]1cccc1P(c1ccccc1)c1ccccc1.[Fe].[cH-]1[cH-][cH-][cH-][cH-]1. The van der Waals surface area contributed by atoms with Gasteiger partial charge in [-0.15, -0.1) is 10.9 Å². The average Bonchev–Trinajstić information content (AvgIpc) is 3.45. The Balaban J connectivity index is 0.000000468. The first-order chi connectivity index (χ1) is 14.2. The smallest absolute Gasteiger partial charge is 0.302 e. The van der Waals surface area contributed by atoms with E-state index in [9.17, 15) is 4.79 Å². The summed E-state index contributed by atoms with van der Waals surface area (Å²) in [5, 5.41) is 3.83. The first-order valence-electron chi connectivity index (χ1n) is 9.66. The van der Waals surface area contributed by atoms with Crippen molar-refractivity contribution in [2.75, 3.05) is 0 Å². The predicted octanol–water partition coefficient (Wildman–Crippen LogP) is 5.19. The molecular weight excluding hydrogens is 431 g/mol. The van der Waals surface area contributed by atoms with Crippen molar-refractivity contribution in [2.45, 2.75) is 20.0 Å². The second-order valence-electron chi connectivity index (χ2n) is 6.59. The Hall–Kier alpha value is -2.44. The fraction of sp³-hybridized carbons (Fsp3) is 0.115. The summed E-state index contributed by atoms with van der Waals surface area (Å²) < 4.78 is 5.43. The molecule has 0 aromatic heterocycles. The molecule has 0 amide bonds. The third-order valence-electron chi connectivity index (χ3n) is 4.43. The summed E-state index contributed by atoms with van der Waals surface area (Å²) >= 11 is 0. The van der Waals surface area contributed by atoms with E-state index in [0.717, 1.165) is 5.56 Å². The van der Waals surface area contributed by atoms with Crippen molar-refractivity contribution in [1.82, 2.24) is 0 Å². The summed E-state index contributed by atoms with van der Waals surface area (Å²) in [7, 11) is -0.678. The standard InChI is InChI=1S/C21H20O2P.C5H5.Fe/c1-16(23-17(2)22)20-14-9-15-21(20)24(18-10-5-3-6-11-18)19-12-7-4-8-13-19;1-2-4-5-3-1;/h3-16H,1-2H3;1-5H;/q-1;-5;. The third-order valence-corrected chi connectivity index (χ3v) is 6.95. The van der Waals surface area contributed by atoms with Crippen molar-refractivity contribution in [2.24, 2.45) is 0 Å². The van der Waals surface area contributed by atoms with Crippen LogP contribution in [0.5, 0.6) is 0 Å². The molecule has 0 heterocycles. The van der Waals surface area contributed by atoms with Crippen LogP contribution in [0.15, 0.2) is 109 Å². The van der Waals surface area contributed by atoms with Gasteiger partial charge in [-0.3, -0.25) is 4.79 Å². The monoisotopic (exact) mass is 456 g/mol. The minimum absolute atomic E-state index is 0. The zero-order chi connectivity index (χ0) is 20.5. The number of hydrogen-bond donors (Lipinski definition) is 0. The molecule has 4 rings (SSSR count). The van der Waals surface area contributed by atoms with E-state index in [2.05, 4.69) is 60.7 Å². The summed E-state index contributed by atoms with van der Waals surface area (Å²) in [6, 6.07) is 37.3. The fourth-order valence-corrected chi connectivity index (χ4v) is 5.73. The number of esters is 1. The molecule has 4 aromatic rings. The van der Waals surface area contributed by atoms with E-state index < -0.39 is 7.92 Å². The van der Waals surface area contributed by atoms with E-state index in [0.29, 0.717) is 0 Å². The molecule has 0 saturated heterocycles. The third kappa shape index (κ3) is 6.54. The summed E-state index contributed by atoms with van der Waals surface area (Å²) in [5.74, 6) is -0.251. The van der Waals surface area contributed by atoms with E-state index in [1.807, 2.05) is 55.5 Å². The molecule has 0 radical (unpaired) electrons. The van der Waals surface area contributed by atoms with Crippen LogP contribution in [0.25, 0.3) is 0 Å². The van der Waals surface area contributed by atoms with E-state index >= 15 is 0 Å². The summed E-state index contributed by atoms with van der Waals surface area (Å²) in [4.78, 5) is 11.4. The van der Waals surface area contributed by atoms with Crippen molar-refractivity contribution in [1.29, 1.82) is 0 Å². The number of hydrogen-bond acceptors (Lipinski definition) is 2. The Morgan fingerprint density at radius 1 is 0.833 bits per heavy atom. The molecule has 160 valence electrons. The summed E-state index contributed by atoms with van der Waals surface area (Å²) in [6.07, 6.45) is -0.245. The molecular formula is C26H25FeO2P-6. The van der Waals surface area contributed by atoms with Crippen LogP contribution in [0.1, 0.15) is 25.5 Å². The van der Waals surface area contributed by atoms with E-state index in [1.54, 1.807) is 0 Å². The number of rotatable bonds is 5. The second kappa shape index (κ2) is 12.3. The first-order valence-corrected chi connectivity index (χ1v) is 11.0. The first kappa shape index (κ1) is 23.8. The minimum Gasteiger partial charge on any atom is -0.748 e.